The summed E-state index contributed by atoms with van der Waals surface area (Å²) in [5, 5.41) is 16.4. The molecule has 13 heteroatoms. The fraction of sp³-hybridized carbons (Fsp3) is 0.276. The van der Waals surface area contributed by atoms with Gasteiger partial charge in [0.15, 0.2) is 17.5 Å². The quantitative estimate of drug-likeness (QED) is 0.338. The topological polar surface area (TPSA) is 87.9 Å². The molecule has 8 nitrogen and oxygen atoms in total. The largest absolute Gasteiger partial charge is 0.497 e. The molecule has 0 radical (unpaired) electrons. The second-order valence-corrected chi connectivity index (χ2v) is 12.4. The Balaban J connectivity index is 1.42. The highest BCUT2D eigenvalue weighted by Crippen LogP contribution is 2.48. The summed E-state index contributed by atoms with van der Waals surface area (Å²) < 4.78 is 90.5. The van der Waals surface area contributed by atoms with Crippen molar-refractivity contribution in [1.82, 2.24) is 19.0 Å². The van der Waals surface area contributed by atoms with Crippen LogP contribution in [0.25, 0.3) is 11.8 Å². The molecular weight excluding hydrogens is 576 g/mol. The number of sulfonamides is 1. The summed E-state index contributed by atoms with van der Waals surface area (Å²) in [7, 11) is -2.96. The Morgan fingerprint density at radius 1 is 1.10 bits per heavy atom. The van der Waals surface area contributed by atoms with E-state index in [9.17, 15) is 31.1 Å². The summed E-state index contributed by atoms with van der Waals surface area (Å²) >= 11 is 0. The lowest BCUT2D eigenvalue weighted by Gasteiger charge is -2.51. The van der Waals surface area contributed by atoms with Crippen molar-refractivity contribution in [3.05, 3.63) is 107 Å². The first-order valence-electron chi connectivity index (χ1n) is 13.1. The molecule has 0 saturated carbocycles. The third kappa shape index (κ3) is 4.61. The number of rotatable bonds is 6. The predicted molar refractivity (Wildman–Crippen MR) is 144 cm³/mol. The second-order valence-electron chi connectivity index (χ2n) is 10.4. The molecule has 1 aromatic heterocycles. The highest BCUT2D eigenvalue weighted by molar-refractivity contribution is 7.89. The van der Waals surface area contributed by atoms with E-state index in [1.807, 2.05) is 6.08 Å². The highest BCUT2D eigenvalue weighted by Gasteiger charge is 2.52. The zero-order chi connectivity index (χ0) is 29.8. The van der Waals surface area contributed by atoms with Crippen LogP contribution in [0.3, 0.4) is 0 Å². The molecule has 2 aromatic carbocycles. The summed E-state index contributed by atoms with van der Waals surface area (Å²) in [5.74, 6) is -4.78. The number of methoxy groups -OCH3 is 1. The van der Waals surface area contributed by atoms with Gasteiger partial charge in [-0.25, -0.2) is 30.7 Å². The molecular formula is C29H26F4N4O4S. The summed E-state index contributed by atoms with van der Waals surface area (Å²) in [6.07, 6.45) is 7.73. The zero-order valence-corrected chi connectivity index (χ0v) is 23.2. The molecule has 1 saturated heterocycles. The first-order chi connectivity index (χ1) is 20.0. The Labute approximate surface area is 239 Å². The van der Waals surface area contributed by atoms with E-state index in [2.05, 4.69) is 5.10 Å². The number of aliphatic hydroxyl groups is 1. The van der Waals surface area contributed by atoms with Gasteiger partial charge in [-0.2, -0.15) is 9.40 Å². The van der Waals surface area contributed by atoms with Gasteiger partial charge in [0.05, 0.1) is 35.0 Å². The van der Waals surface area contributed by atoms with Gasteiger partial charge in [-0.3, -0.25) is 0 Å². The summed E-state index contributed by atoms with van der Waals surface area (Å²) in [4.78, 5) is 0.932. The van der Waals surface area contributed by atoms with Crippen molar-refractivity contribution in [3.63, 3.8) is 0 Å². The number of hydrogen-bond acceptors (Lipinski definition) is 6. The zero-order valence-electron chi connectivity index (χ0n) is 22.3. The predicted octanol–water partition coefficient (Wildman–Crippen LogP) is 4.13. The number of hydrogen-bond donors (Lipinski definition) is 1. The van der Waals surface area contributed by atoms with Crippen LogP contribution in [0.5, 0.6) is 0 Å². The van der Waals surface area contributed by atoms with E-state index >= 15 is 0 Å². The molecule has 42 heavy (non-hydrogen) atoms. The second kappa shape index (κ2) is 10.4. The van der Waals surface area contributed by atoms with E-state index in [0.29, 0.717) is 34.8 Å². The maximum atomic E-state index is 14.0. The van der Waals surface area contributed by atoms with E-state index in [1.165, 1.54) is 19.2 Å². The number of halogens is 4. The Morgan fingerprint density at radius 2 is 1.81 bits per heavy atom. The van der Waals surface area contributed by atoms with Crippen LogP contribution in [0.1, 0.15) is 17.7 Å². The molecule has 0 amide bonds. The minimum absolute atomic E-state index is 0.0488. The SMILES string of the molecule is COC1=CCN([C@H](O)[C@]23Cc4cnn(-c5ccc(F)cc5)c4C=C2CCN(S(=O)(=O)c2cc(F)c(F)c(F)c2)C3)C=C1. The average molecular weight is 603 g/mol. The van der Waals surface area contributed by atoms with Gasteiger partial charge in [-0.05, 0) is 73.0 Å². The van der Waals surface area contributed by atoms with E-state index in [0.717, 1.165) is 9.88 Å². The van der Waals surface area contributed by atoms with Gasteiger partial charge in [-0.15, -0.1) is 0 Å². The Morgan fingerprint density at radius 3 is 2.45 bits per heavy atom. The molecule has 3 aromatic rings. The van der Waals surface area contributed by atoms with Crippen molar-refractivity contribution in [2.24, 2.45) is 5.41 Å². The van der Waals surface area contributed by atoms with Crippen molar-refractivity contribution >= 4 is 16.1 Å². The van der Waals surface area contributed by atoms with Crippen molar-refractivity contribution in [2.45, 2.75) is 24.0 Å². The van der Waals surface area contributed by atoms with Crippen molar-refractivity contribution in [3.8, 4) is 5.69 Å². The Bertz CT molecular complexity index is 1730. The van der Waals surface area contributed by atoms with Crippen LogP contribution in [0, 0.1) is 28.7 Å². The first kappa shape index (κ1) is 28.2. The molecule has 0 bridgehead atoms. The third-order valence-corrected chi connectivity index (χ3v) is 9.90. The maximum absolute atomic E-state index is 14.0. The molecule has 2 atom stereocenters. The molecule has 0 spiro atoms. The Hall–Kier alpha value is -3.94. The Kier molecular flexibility index (Phi) is 6.98. The smallest absolute Gasteiger partial charge is 0.243 e. The number of aliphatic hydroxyl groups excluding tert-OH is 1. The fourth-order valence-corrected chi connectivity index (χ4v) is 7.40. The van der Waals surface area contributed by atoms with Gasteiger partial charge >= 0.3 is 0 Å². The van der Waals surface area contributed by atoms with Gasteiger partial charge < -0.3 is 14.7 Å². The molecule has 0 unspecified atom stereocenters. The number of allylic oxidation sites excluding steroid dienone is 1. The summed E-state index contributed by atoms with van der Waals surface area (Å²) in [5.41, 5.74) is 1.63. The summed E-state index contributed by atoms with van der Waals surface area (Å²) in [6, 6.07) is 6.74. The van der Waals surface area contributed by atoms with Crippen LogP contribution in [-0.2, 0) is 21.2 Å². The number of aromatic nitrogens is 2. The summed E-state index contributed by atoms with van der Waals surface area (Å²) in [6.45, 7) is 0.000837. The van der Waals surface area contributed by atoms with Crippen LogP contribution in [0.15, 0.2) is 77.2 Å². The lowest BCUT2D eigenvalue weighted by molar-refractivity contribution is -0.0639. The molecule has 6 rings (SSSR count). The maximum Gasteiger partial charge on any atom is 0.243 e. The minimum Gasteiger partial charge on any atom is -0.497 e. The molecule has 3 heterocycles. The van der Waals surface area contributed by atoms with Crippen LogP contribution in [0.2, 0.25) is 0 Å². The number of ether oxygens (including phenoxy) is 1. The molecule has 1 fully saturated rings. The fourth-order valence-electron chi connectivity index (χ4n) is 5.87. The van der Waals surface area contributed by atoms with E-state index < -0.39 is 49.8 Å². The first-order valence-corrected chi connectivity index (χ1v) is 14.5. The lowest BCUT2D eigenvalue weighted by atomic mass is 9.67. The monoisotopic (exact) mass is 602 g/mol. The number of nitrogens with zero attached hydrogens (tertiary/aromatic N) is 4. The van der Waals surface area contributed by atoms with Gasteiger partial charge in [0.25, 0.3) is 0 Å². The van der Waals surface area contributed by atoms with Gasteiger partial charge in [0.2, 0.25) is 10.0 Å². The van der Waals surface area contributed by atoms with E-state index in [4.69, 9.17) is 4.74 Å². The van der Waals surface area contributed by atoms with Crippen molar-refractivity contribution in [2.75, 3.05) is 26.7 Å². The van der Waals surface area contributed by atoms with Gasteiger partial charge in [0.1, 0.15) is 17.8 Å². The standard InChI is InChI=1S/C29H26F4N4O4S/c1-41-22-7-9-35(10-8-22)28(38)29-15-18-16-34-37(21-4-2-20(30)3-5-21)26(18)12-19(29)6-11-36(17-29)42(39,40)23-13-24(31)27(33)25(32)14-23/h2-5,7-9,12-14,16,28,38H,6,10-11,15,17H2,1H3/t28-,29+/m1/s1. The number of fused-ring (bicyclic) bond motifs is 2. The van der Waals surface area contributed by atoms with E-state index in [1.54, 1.807) is 46.3 Å². The molecule has 3 aliphatic rings. The third-order valence-electron chi connectivity index (χ3n) is 8.08. The van der Waals surface area contributed by atoms with Crippen LogP contribution in [-0.4, -0.2) is 65.5 Å². The van der Waals surface area contributed by atoms with Crippen LogP contribution < -0.4 is 0 Å². The van der Waals surface area contributed by atoms with Crippen molar-refractivity contribution < 1.29 is 35.8 Å². The number of piperidine rings is 1. The molecule has 1 aliphatic carbocycles. The van der Waals surface area contributed by atoms with Gasteiger partial charge in [-0.1, -0.05) is 5.57 Å². The van der Waals surface area contributed by atoms with Crippen molar-refractivity contribution in [1.29, 1.82) is 0 Å². The molecule has 1 N–H and O–H groups in total. The molecule has 220 valence electrons. The average Bonchev–Trinajstić information content (AvgIpc) is 3.40. The van der Waals surface area contributed by atoms with E-state index in [-0.39, 0.29) is 32.5 Å². The van der Waals surface area contributed by atoms with Crippen LogP contribution >= 0.6 is 0 Å². The minimum atomic E-state index is -4.49. The van der Waals surface area contributed by atoms with Crippen LogP contribution in [0.4, 0.5) is 17.6 Å². The number of benzene rings is 2. The highest BCUT2D eigenvalue weighted by atomic mass is 32.2. The lowest BCUT2D eigenvalue weighted by Crippen LogP contribution is -2.58. The normalized spacial score (nSPS) is 21.3. The van der Waals surface area contributed by atoms with Gasteiger partial charge in [0, 0.05) is 25.8 Å². The molecule has 2 aliphatic heterocycles.